The molecule has 2 rings (SSSR count). The van der Waals surface area contributed by atoms with E-state index in [0.29, 0.717) is 0 Å². The van der Waals surface area contributed by atoms with Crippen molar-refractivity contribution >= 4 is 18.0 Å². The second kappa shape index (κ2) is 11.0. The molecule has 160 valence electrons. The van der Waals surface area contributed by atoms with Crippen molar-refractivity contribution in [3.63, 3.8) is 0 Å². The maximum Gasteiger partial charge on any atom is 0.408 e. The van der Waals surface area contributed by atoms with Gasteiger partial charge in [0, 0.05) is 6.42 Å². The zero-order valence-corrected chi connectivity index (χ0v) is 16.9. The fourth-order valence-electron chi connectivity index (χ4n) is 2.95. The molecule has 0 unspecified atom stereocenters. The summed E-state index contributed by atoms with van der Waals surface area (Å²) in [4.78, 5) is 36.1. The number of rotatable bonds is 9. The molecule has 4 N–H and O–H groups in total. The minimum Gasteiger partial charge on any atom is -0.480 e. The molecule has 0 aliphatic heterocycles. The number of amides is 2. The van der Waals surface area contributed by atoms with E-state index in [9.17, 15) is 24.6 Å². The number of alkyl carbamates (subject to hydrolysis) is 1. The fraction of sp³-hybridized carbons (Fsp3) is 0.318. The average molecular weight is 414 g/mol. The topological polar surface area (TPSA) is 125 Å². The lowest BCUT2D eigenvalue weighted by Crippen LogP contribution is -2.53. The summed E-state index contributed by atoms with van der Waals surface area (Å²) >= 11 is 0. The standard InChI is InChI=1S/C22H26N2O6/c1-14-7-6-8-15(2)17(14)11-18(21(27)28)23-20(26)19(12-25)24-22(29)30-13-16-9-4-3-5-10-16/h3-10,18-19,25H,11-13H2,1-2H3,(H,23,26)(H,24,29)(H,27,28)/t18-,19-/m0/s1. The Balaban J connectivity index is 1.97. The molecule has 0 saturated heterocycles. The molecule has 0 bridgehead atoms. The van der Waals surface area contributed by atoms with Gasteiger partial charge in [-0.3, -0.25) is 4.79 Å². The number of aryl methyl sites for hydroxylation is 2. The third-order valence-corrected chi connectivity index (χ3v) is 4.67. The Morgan fingerprint density at radius 2 is 1.57 bits per heavy atom. The van der Waals surface area contributed by atoms with Crippen LogP contribution in [0.1, 0.15) is 22.3 Å². The quantitative estimate of drug-likeness (QED) is 0.495. The van der Waals surface area contributed by atoms with E-state index in [1.54, 1.807) is 24.3 Å². The lowest BCUT2D eigenvalue weighted by Gasteiger charge is -2.21. The van der Waals surface area contributed by atoms with Crippen LogP contribution in [0.15, 0.2) is 48.5 Å². The summed E-state index contributed by atoms with van der Waals surface area (Å²) in [5, 5.41) is 23.6. The van der Waals surface area contributed by atoms with Gasteiger partial charge >= 0.3 is 12.1 Å². The summed E-state index contributed by atoms with van der Waals surface area (Å²) in [5.74, 6) is -2.03. The lowest BCUT2D eigenvalue weighted by atomic mass is 9.96. The van der Waals surface area contributed by atoms with E-state index in [1.165, 1.54) is 0 Å². The van der Waals surface area contributed by atoms with Gasteiger partial charge in [-0.25, -0.2) is 9.59 Å². The maximum atomic E-state index is 12.5. The minimum atomic E-state index is -1.34. The van der Waals surface area contributed by atoms with E-state index in [2.05, 4.69) is 10.6 Å². The molecule has 8 nitrogen and oxygen atoms in total. The number of carboxylic acids is 1. The number of nitrogens with one attached hydrogen (secondary N) is 2. The molecule has 2 aromatic rings. The van der Waals surface area contributed by atoms with Crippen LogP contribution in [0.2, 0.25) is 0 Å². The first kappa shape index (κ1) is 22.9. The van der Waals surface area contributed by atoms with Crippen LogP contribution in [-0.2, 0) is 27.4 Å². The second-order valence-electron chi connectivity index (χ2n) is 6.92. The molecule has 30 heavy (non-hydrogen) atoms. The summed E-state index contributed by atoms with van der Waals surface area (Å²) in [6.45, 7) is 3.02. The SMILES string of the molecule is Cc1cccc(C)c1C[C@H](NC(=O)[C@H](CO)NC(=O)OCc1ccccc1)C(=O)O. The van der Waals surface area contributed by atoms with Crippen molar-refractivity contribution in [3.05, 3.63) is 70.8 Å². The van der Waals surface area contributed by atoms with Crippen molar-refractivity contribution in [1.82, 2.24) is 10.6 Å². The van der Waals surface area contributed by atoms with Gasteiger partial charge in [0.15, 0.2) is 0 Å². The molecule has 2 aromatic carbocycles. The predicted molar refractivity (Wildman–Crippen MR) is 110 cm³/mol. The van der Waals surface area contributed by atoms with Crippen LogP contribution in [-0.4, -0.2) is 46.9 Å². The van der Waals surface area contributed by atoms with Crippen molar-refractivity contribution in [3.8, 4) is 0 Å². The van der Waals surface area contributed by atoms with Crippen LogP contribution in [0, 0.1) is 13.8 Å². The van der Waals surface area contributed by atoms with Gasteiger partial charge in [-0.1, -0.05) is 48.5 Å². The van der Waals surface area contributed by atoms with Crippen molar-refractivity contribution < 1.29 is 29.3 Å². The van der Waals surface area contributed by atoms with Gasteiger partial charge in [-0.15, -0.1) is 0 Å². The highest BCUT2D eigenvalue weighted by Crippen LogP contribution is 2.15. The highest BCUT2D eigenvalue weighted by atomic mass is 16.5. The van der Waals surface area contributed by atoms with Crippen molar-refractivity contribution in [2.24, 2.45) is 0 Å². The molecule has 2 amide bonds. The van der Waals surface area contributed by atoms with E-state index < -0.39 is 36.7 Å². The Hall–Kier alpha value is -3.39. The van der Waals surface area contributed by atoms with Gasteiger partial charge in [0.05, 0.1) is 6.61 Å². The van der Waals surface area contributed by atoms with E-state index in [1.807, 2.05) is 38.1 Å². The number of hydrogen-bond acceptors (Lipinski definition) is 5. The van der Waals surface area contributed by atoms with Crippen molar-refractivity contribution in [1.29, 1.82) is 0 Å². The molecule has 0 saturated carbocycles. The largest absolute Gasteiger partial charge is 0.480 e. The number of carbonyl (C=O) groups is 3. The summed E-state index contributed by atoms with van der Waals surface area (Å²) in [7, 11) is 0. The maximum absolute atomic E-state index is 12.5. The number of benzene rings is 2. The van der Waals surface area contributed by atoms with E-state index >= 15 is 0 Å². The van der Waals surface area contributed by atoms with Crippen LogP contribution >= 0.6 is 0 Å². The zero-order valence-electron chi connectivity index (χ0n) is 16.9. The molecule has 0 radical (unpaired) electrons. The number of ether oxygens (including phenoxy) is 1. The smallest absolute Gasteiger partial charge is 0.408 e. The number of aliphatic hydroxyl groups excluding tert-OH is 1. The highest BCUT2D eigenvalue weighted by Gasteiger charge is 2.27. The third kappa shape index (κ3) is 6.59. The Bertz CT molecular complexity index is 864. The number of aliphatic hydroxyl groups is 1. The van der Waals surface area contributed by atoms with Gasteiger partial charge < -0.3 is 25.6 Å². The Morgan fingerprint density at radius 3 is 2.13 bits per heavy atom. The van der Waals surface area contributed by atoms with Gasteiger partial charge in [0.2, 0.25) is 5.91 Å². The predicted octanol–water partition coefficient (Wildman–Crippen LogP) is 1.70. The molecular formula is C22H26N2O6. The van der Waals surface area contributed by atoms with Gasteiger partial charge in [0.25, 0.3) is 0 Å². The molecule has 0 fully saturated rings. The summed E-state index contributed by atoms with van der Waals surface area (Å²) in [6, 6.07) is 12.0. The molecule has 0 aliphatic carbocycles. The summed E-state index contributed by atoms with van der Waals surface area (Å²) in [6.07, 6.45) is -0.814. The van der Waals surface area contributed by atoms with E-state index in [4.69, 9.17) is 4.74 Å². The first-order valence-corrected chi connectivity index (χ1v) is 9.48. The monoisotopic (exact) mass is 414 g/mol. The normalized spacial score (nSPS) is 12.5. The highest BCUT2D eigenvalue weighted by molar-refractivity contribution is 5.89. The van der Waals surface area contributed by atoms with Gasteiger partial charge in [0.1, 0.15) is 18.7 Å². The lowest BCUT2D eigenvalue weighted by molar-refractivity contribution is -0.142. The number of carbonyl (C=O) groups excluding carboxylic acids is 2. The van der Waals surface area contributed by atoms with Crippen LogP contribution in [0.5, 0.6) is 0 Å². The second-order valence-corrected chi connectivity index (χ2v) is 6.92. The van der Waals surface area contributed by atoms with Crippen molar-refractivity contribution in [2.45, 2.75) is 39.0 Å². The molecular weight excluding hydrogens is 388 g/mol. The number of carboxylic acid groups (broad SMARTS) is 1. The fourth-order valence-corrected chi connectivity index (χ4v) is 2.95. The summed E-state index contributed by atoms with van der Waals surface area (Å²) in [5.41, 5.74) is 3.41. The van der Waals surface area contributed by atoms with Crippen LogP contribution in [0.3, 0.4) is 0 Å². The molecule has 2 atom stereocenters. The van der Waals surface area contributed by atoms with Crippen LogP contribution in [0.25, 0.3) is 0 Å². The van der Waals surface area contributed by atoms with E-state index in [-0.39, 0.29) is 13.0 Å². The number of aliphatic carboxylic acids is 1. The number of hydrogen-bond donors (Lipinski definition) is 4. The molecule has 0 aromatic heterocycles. The molecule has 0 heterocycles. The molecule has 8 heteroatoms. The van der Waals surface area contributed by atoms with Crippen LogP contribution in [0.4, 0.5) is 4.79 Å². The van der Waals surface area contributed by atoms with Gasteiger partial charge in [-0.05, 0) is 36.1 Å². The van der Waals surface area contributed by atoms with E-state index in [0.717, 1.165) is 22.3 Å². The minimum absolute atomic E-state index is 0.00322. The Morgan fingerprint density at radius 1 is 0.933 bits per heavy atom. The zero-order chi connectivity index (χ0) is 22.1. The first-order valence-electron chi connectivity index (χ1n) is 9.48. The average Bonchev–Trinajstić information content (AvgIpc) is 2.72. The third-order valence-electron chi connectivity index (χ3n) is 4.67. The van der Waals surface area contributed by atoms with Crippen molar-refractivity contribution in [2.75, 3.05) is 6.61 Å². The summed E-state index contributed by atoms with van der Waals surface area (Å²) < 4.78 is 5.03. The first-order chi connectivity index (χ1) is 14.3. The molecule has 0 aliphatic rings. The Kier molecular flexibility index (Phi) is 8.37. The molecule has 0 spiro atoms. The van der Waals surface area contributed by atoms with Crippen LogP contribution < -0.4 is 10.6 Å². The Labute approximate surface area is 174 Å². The van der Waals surface area contributed by atoms with Gasteiger partial charge in [-0.2, -0.15) is 0 Å².